The molecule has 166 valence electrons. The summed E-state index contributed by atoms with van der Waals surface area (Å²) in [6.45, 7) is 6.70. The van der Waals surface area contributed by atoms with E-state index in [1.807, 2.05) is 0 Å². The number of aromatic amines is 1. The van der Waals surface area contributed by atoms with Crippen molar-refractivity contribution >= 4 is 32.8 Å². The van der Waals surface area contributed by atoms with Gasteiger partial charge in [-0.05, 0) is 104 Å². The Bertz CT molecular complexity index is 1060. The molecule has 0 bridgehead atoms. The Morgan fingerprint density at radius 3 is 2.77 bits per heavy atom. The van der Waals surface area contributed by atoms with Crippen LogP contribution in [0.25, 0.3) is 10.9 Å². The van der Waals surface area contributed by atoms with E-state index in [0.29, 0.717) is 16.7 Å². The third-order valence-electron chi connectivity index (χ3n) is 10.2. The Kier molecular flexibility index (Phi) is 4.49. The molecule has 3 fully saturated rings. The van der Waals surface area contributed by atoms with Crippen molar-refractivity contribution in [3.8, 4) is 0 Å². The van der Waals surface area contributed by atoms with Crippen molar-refractivity contribution in [1.29, 1.82) is 0 Å². The van der Waals surface area contributed by atoms with Crippen LogP contribution in [0.2, 0.25) is 0 Å². The Morgan fingerprint density at radius 2 is 1.97 bits per heavy atom. The highest BCUT2D eigenvalue weighted by Crippen LogP contribution is 2.66. The molecular formula is C27H34BrNO2. The lowest BCUT2D eigenvalue weighted by Crippen LogP contribution is -2.54. The largest absolute Gasteiger partial charge is 0.463 e. The molecule has 4 aliphatic carbocycles. The van der Waals surface area contributed by atoms with Crippen molar-refractivity contribution in [3.05, 3.63) is 33.9 Å². The van der Waals surface area contributed by atoms with Crippen LogP contribution in [0.3, 0.4) is 0 Å². The summed E-state index contributed by atoms with van der Waals surface area (Å²) in [6, 6.07) is 6.70. The smallest absolute Gasteiger partial charge is 0.302 e. The lowest BCUT2D eigenvalue weighted by atomic mass is 9.45. The minimum atomic E-state index is -0.110. The highest BCUT2D eigenvalue weighted by Gasteiger charge is 2.60. The number of H-pyrrole nitrogens is 1. The molecule has 31 heavy (non-hydrogen) atoms. The van der Waals surface area contributed by atoms with E-state index >= 15 is 0 Å². The number of nitrogens with one attached hydrogen (secondary N) is 1. The molecule has 0 saturated heterocycles. The average Bonchev–Trinajstić information content (AvgIpc) is 3.22. The zero-order chi connectivity index (χ0) is 21.5. The molecule has 6 rings (SSSR count). The third-order valence-corrected chi connectivity index (χ3v) is 10.7. The van der Waals surface area contributed by atoms with Crippen molar-refractivity contribution in [2.45, 2.75) is 83.7 Å². The first-order valence-electron chi connectivity index (χ1n) is 12.3. The summed E-state index contributed by atoms with van der Waals surface area (Å²) in [6.07, 6.45) is 10.1. The van der Waals surface area contributed by atoms with E-state index in [2.05, 4.69) is 53.0 Å². The summed E-state index contributed by atoms with van der Waals surface area (Å²) in [5, 5.41) is 1.43. The highest BCUT2D eigenvalue weighted by atomic mass is 79.9. The quantitative estimate of drug-likeness (QED) is 0.447. The molecule has 4 heteroatoms. The van der Waals surface area contributed by atoms with Gasteiger partial charge >= 0.3 is 5.97 Å². The highest BCUT2D eigenvalue weighted by molar-refractivity contribution is 9.10. The average molecular weight is 484 g/mol. The maximum atomic E-state index is 11.5. The molecule has 0 spiro atoms. The van der Waals surface area contributed by atoms with Gasteiger partial charge in [0.1, 0.15) is 6.10 Å². The number of carbonyl (C=O) groups excluding carboxylic acids is 1. The van der Waals surface area contributed by atoms with Gasteiger partial charge in [-0.15, -0.1) is 0 Å². The van der Waals surface area contributed by atoms with E-state index in [-0.39, 0.29) is 12.1 Å². The Labute approximate surface area is 193 Å². The molecule has 1 heterocycles. The fraction of sp³-hybridized carbons (Fsp3) is 0.667. The van der Waals surface area contributed by atoms with Crippen LogP contribution in [0.4, 0.5) is 0 Å². The topological polar surface area (TPSA) is 42.1 Å². The van der Waals surface area contributed by atoms with Crippen LogP contribution >= 0.6 is 15.9 Å². The van der Waals surface area contributed by atoms with Gasteiger partial charge in [0.25, 0.3) is 0 Å². The predicted molar refractivity (Wildman–Crippen MR) is 127 cm³/mol. The second kappa shape index (κ2) is 6.85. The summed E-state index contributed by atoms with van der Waals surface area (Å²) < 4.78 is 6.82. The van der Waals surface area contributed by atoms with Gasteiger partial charge in [0.05, 0.1) is 0 Å². The maximum absolute atomic E-state index is 11.5. The van der Waals surface area contributed by atoms with Crippen LogP contribution in [0.15, 0.2) is 22.7 Å². The van der Waals surface area contributed by atoms with E-state index in [0.717, 1.165) is 30.6 Å². The molecule has 1 aromatic carbocycles. The van der Waals surface area contributed by atoms with E-state index in [9.17, 15) is 4.79 Å². The molecule has 7 atom stereocenters. The molecule has 4 aliphatic rings. The van der Waals surface area contributed by atoms with Crippen molar-refractivity contribution in [1.82, 2.24) is 4.98 Å². The number of aromatic nitrogens is 1. The van der Waals surface area contributed by atoms with Crippen molar-refractivity contribution < 1.29 is 9.53 Å². The zero-order valence-corrected chi connectivity index (χ0v) is 20.6. The number of rotatable bonds is 1. The van der Waals surface area contributed by atoms with Crippen molar-refractivity contribution in [2.75, 3.05) is 0 Å². The number of carbonyl (C=O) groups is 1. The van der Waals surface area contributed by atoms with Crippen molar-refractivity contribution in [2.24, 2.45) is 29.1 Å². The van der Waals surface area contributed by atoms with Crippen LogP contribution < -0.4 is 0 Å². The minimum absolute atomic E-state index is 0.110. The van der Waals surface area contributed by atoms with E-state index in [1.54, 1.807) is 12.5 Å². The fourth-order valence-corrected chi connectivity index (χ4v) is 9.07. The van der Waals surface area contributed by atoms with Crippen LogP contribution in [0, 0.1) is 29.1 Å². The Morgan fingerprint density at radius 1 is 1.13 bits per heavy atom. The van der Waals surface area contributed by atoms with E-state index in [1.165, 1.54) is 59.6 Å². The summed E-state index contributed by atoms with van der Waals surface area (Å²) in [7, 11) is 0. The number of benzene rings is 1. The summed E-state index contributed by atoms with van der Waals surface area (Å²) in [5.41, 5.74) is 5.14. The Balaban J connectivity index is 1.31. The summed E-state index contributed by atoms with van der Waals surface area (Å²) in [4.78, 5) is 15.4. The number of fused-ring (bicyclic) bond motifs is 9. The third kappa shape index (κ3) is 2.85. The second-order valence-corrected chi connectivity index (χ2v) is 12.4. The van der Waals surface area contributed by atoms with Gasteiger partial charge in [-0.2, -0.15) is 0 Å². The molecule has 3 saturated carbocycles. The summed E-state index contributed by atoms with van der Waals surface area (Å²) >= 11 is 3.69. The van der Waals surface area contributed by atoms with Crippen LogP contribution in [0.1, 0.15) is 77.0 Å². The normalized spacial score (nSPS) is 41.2. The predicted octanol–water partition coefficient (Wildman–Crippen LogP) is 6.92. The molecule has 1 aromatic heterocycles. The van der Waals surface area contributed by atoms with Gasteiger partial charge in [0.15, 0.2) is 0 Å². The lowest BCUT2D eigenvalue weighted by Gasteiger charge is -2.60. The first kappa shape index (κ1) is 20.3. The zero-order valence-electron chi connectivity index (χ0n) is 19.0. The number of ether oxygens (including phenoxy) is 1. The minimum Gasteiger partial charge on any atom is -0.463 e. The number of hydrogen-bond donors (Lipinski definition) is 1. The number of hydrogen-bond acceptors (Lipinski definition) is 2. The molecule has 0 amide bonds. The monoisotopic (exact) mass is 483 g/mol. The summed E-state index contributed by atoms with van der Waals surface area (Å²) in [5.74, 6) is 3.02. The first-order chi connectivity index (χ1) is 14.8. The molecule has 2 aromatic rings. The fourth-order valence-electron chi connectivity index (χ4n) is 8.71. The van der Waals surface area contributed by atoms with Gasteiger partial charge in [-0.25, -0.2) is 0 Å². The lowest BCUT2D eigenvalue weighted by molar-refractivity contribution is -0.157. The van der Waals surface area contributed by atoms with Gasteiger partial charge in [-0.3, -0.25) is 4.79 Å². The standard InChI is InChI=1S/C27H34BrNO2/c1-15(30)31-18-8-10-26(2)16(12-18)4-6-19-22(26)9-11-27(3)23(19)14-21-20-13-17(28)5-7-24(20)29-25(21)27/h5,7,13,16,18-19,22-23,29H,4,6,8-12,14H2,1-3H3/t16?,18?,19?,22?,23?,26-,27-/m0/s1. The number of halogens is 1. The Hall–Kier alpha value is -1.29. The van der Waals surface area contributed by atoms with Gasteiger partial charge in [0.2, 0.25) is 0 Å². The van der Waals surface area contributed by atoms with E-state index in [4.69, 9.17) is 4.74 Å². The first-order valence-corrected chi connectivity index (χ1v) is 13.1. The molecule has 0 aliphatic heterocycles. The van der Waals surface area contributed by atoms with Crippen LogP contribution in [-0.2, 0) is 21.4 Å². The number of esters is 1. The maximum Gasteiger partial charge on any atom is 0.302 e. The van der Waals surface area contributed by atoms with Gasteiger partial charge in [-0.1, -0.05) is 29.8 Å². The second-order valence-electron chi connectivity index (χ2n) is 11.5. The van der Waals surface area contributed by atoms with E-state index < -0.39 is 0 Å². The molecular weight excluding hydrogens is 450 g/mol. The molecule has 3 nitrogen and oxygen atoms in total. The molecule has 5 unspecified atom stereocenters. The van der Waals surface area contributed by atoms with Gasteiger partial charge in [0, 0.05) is 33.4 Å². The van der Waals surface area contributed by atoms with Crippen LogP contribution in [0.5, 0.6) is 0 Å². The molecule has 0 radical (unpaired) electrons. The molecule has 1 N–H and O–H groups in total. The van der Waals surface area contributed by atoms with Gasteiger partial charge < -0.3 is 9.72 Å². The van der Waals surface area contributed by atoms with Crippen LogP contribution in [-0.4, -0.2) is 17.1 Å². The SMILES string of the molecule is CC(=O)OC1CC[C@@]2(C)C(CCC3C2CC[C@]2(C)c4[nH]c5ccc(Br)cc5c4CC32)C1. The van der Waals surface area contributed by atoms with Crippen molar-refractivity contribution in [3.63, 3.8) is 0 Å².